The highest BCUT2D eigenvalue weighted by Gasteiger charge is 2.18. The molecule has 0 bridgehead atoms. The molecule has 7 heteroatoms. The van der Waals surface area contributed by atoms with E-state index in [1.165, 1.54) is 11.3 Å². The molecular weight excluding hydrogens is 391 g/mol. The standard InChI is InChI=1S/C19H16Cl2N2O2S/c1-11(12-5-4-6-13(20)9-12)23-16(24)10-22-19(25)18-17(21)14-7-2-3-8-15(14)26-18/h2-9,11H,10H2,1H3,(H,22,25)(H,23,24)/t11-/m1/s1. The Morgan fingerprint density at radius 2 is 1.88 bits per heavy atom. The van der Waals surface area contributed by atoms with Gasteiger partial charge in [-0.25, -0.2) is 0 Å². The Hall–Kier alpha value is -2.08. The number of benzene rings is 2. The number of rotatable bonds is 5. The third-order valence-electron chi connectivity index (χ3n) is 3.88. The molecule has 2 amide bonds. The van der Waals surface area contributed by atoms with Gasteiger partial charge in [0.1, 0.15) is 4.88 Å². The number of thiophene rings is 1. The van der Waals surface area contributed by atoms with Crippen molar-refractivity contribution in [2.24, 2.45) is 0 Å². The van der Waals surface area contributed by atoms with Gasteiger partial charge in [0, 0.05) is 15.1 Å². The van der Waals surface area contributed by atoms with Gasteiger partial charge in [0.05, 0.1) is 17.6 Å². The number of hydrogen-bond donors (Lipinski definition) is 2. The van der Waals surface area contributed by atoms with Gasteiger partial charge in [-0.05, 0) is 30.7 Å². The van der Waals surface area contributed by atoms with Crippen LogP contribution >= 0.6 is 34.5 Å². The molecule has 0 aliphatic carbocycles. The molecule has 0 radical (unpaired) electrons. The Balaban J connectivity index is 1.60. The van der Waals surface area contributed by atoms with Crippen LogP contribution in [0.2, 0.25) is 10.0 Å². The SMILES string of the molecule is C[C@@H](NC(=O)CNC(=O)c1sc2ccccc2c1Cl)c1cccc(Cl)c1. The quantitative estimate of drug-likeness (QED) is 0.638. The zero-order chi connectivity index (χ0) is 18.7. The van der Waals surface area contributed by atoms with Crippen molar-refractivity contribution in [2.45, 2.75) is 13.0 Å². The Morgan fingerprint density at radius 1 is 1.12 bits per heavy atom. The fraction of sp³-hybridized carbons (Fsp3) is 0.158. The molecule has 3 aromatic rings. The molecular formula is C19H16Cl2N2O2S. The van der Waals surface area contributed by atoms with Gasteiger partial charge >= 0.3 is 0 Å². The molecule has 0 aliphatic heterocycles. The van der Waals surface area contributed by atoms with E-state index in [0.717, 1.165) is 15.6 Å². The van der Waals surface area contributed by atoms with E-state index in [0.29, 0.717) is 14.9 Å². The van der Waals surface area contributed by atoms with E-state index >= 15 is 0 Å². The van der Waals surface area contributed by atoms with Crippen LogP contribution in [0.15, 0.2) is 48.5 Å². The maximum Gasteiger partial charge on any atom is 0.263 e. The van der Waals surface area contributed by atoms with Crippen LogP contribution in [0.25, 0.3) is 10.1 Å². The van der Waals surface area contributed by atoms with Gasteiger partial charge < -0.3 is 10.6 Å². The first-order valence-electron chi connectivity index (χ1n) is 7.95. The molecule has 1 aromatic heterocycles. The lowest BCUT2D eigenvalue weighted by Gasteiger charge is -2.15. The number of nitrogens with one attached hydrogen (secondary N) is 2. The highest BCUT2D eigenvalue weighted by atomic mass is 35.5. The predicted molar refractivity (Wildman–Crippen MR) is 107 cm³/mol. The third-order valence-corrected chi connectivity index (χ3v) is 5.79. The lowest BCUT2D eigenvalue weighted by atomic mass is 10.1. The Morgan fingerprint density at radius 3 is 2.62 bits per heavy atom. The molecule has 0 spiro atoms. The maximum absolute atomic E-state index is 12.4. The van der Waals surface area contributed by atoms with Crippen LogP contribution in [0, 0.1) is 0 Å². The van der Waals surface area contributed by atoms with Crippen molar-refractivity contribution in [1.82, 2.24) is 10.6 Å². The normalized spacial score (nSPS) is 12.0. The monoisotopic (exact) mass is 406 g/mol. The minimum Gasteiger partial charge on any atom is -0.348 e. The lowest BCUT2D eigenvalue weighted by Crippen LogP contribution is -2.37. The van der Waals surface area contributed by atoms with E-state index in [9.17, 15) is 9.59 Å². The summed E-state index contributed by atoms with van der Waals surface area (Å²) < 4.78 is 0.932. The van der Waals surface area contributed by atoms with Gasteiger partial charge in [-0.2, -0.15) is 0 Å². The van der Waals surface area contributed by atoms with Crippen molar-refractivity contribution in [1.29, 1.82) is 0 Å². The van der Waals surface area contributed by atoms with Crippen LogP contribution in [0.5, 0.6) is 0 Å². The van der Waals surface area contributed by atoms with Gasteiger partial charge in [-0.1, -0.05) is 53.5 Å². The summed E-state index contributed by atoms with van der Waals surface area (Å²) in [5.74, 6) is -0.648. The van der Waals surface area contributed by atoms with Crippen LogP contribution in [0.1, 0.15) is 28.2 Å². The molecule has 2 N–H and O–H groups in total. The molecule has 1 heterocycles. The maximum atomic E-state index is 12.4. The van der Waals surface area contributed by atoms with Crippen molar-refractivity contribution in [3.05, 3.63) is 69.0 Å². The topological polar surface area (TPSA) is 58.2 Å². The summed E-state index contributed by atoms with van der Waals surface area (Å²) in [6.45, 7) is 1.72. The third kappa shape index (κ3) is 4.18. The van der Waals surface area contributed by atoms with Crippen molar-refractivity contribution < 1.29 is 9.59 Å². The summed E-state index contributed by atoms with van der Waals surface area (Å²) in [7, 11) is 0. The van der Waals surface area contributed by atoms with E-state index in [1.807, 2.05) is 43.3 Å². The van der Waals surface area contributed by atoms with Crippen molar-refractivity contribution >= 4 is 56.4 Å². The first kappa shape index (κ1) is 18.7. The summed E-state index contributed by atoms with van der Waals surface area (Å²) in [4.78, 5) is 24.9. The zero-order valence-electron chi connectivity index (χ0n) is 13.9. The van der Waals surface area contributed by atoms with Gasteiger partial charge in [-0.3, -0.25) is 9.59 Å². The second-order valence-corrected chi connectivity index (χ2v) is 7.63. The number of hydrogen-bond acceptors (Lipinski definition) is 3. The van der Waals surface area contributed by atoms with Crippen LogP contribution in [0.4, 0.5) is 0 Å². The zero-order valence-corrected chi connectivity index (χ0v) is 16.2. The molecule has 0 saturated carbocycles. The number of carbonyl (C=O) groups is 2. The largest absolute Gasteiger partial charge is 0.348 e. The number of halogens is 2. The van der Waals surface area contributed by atoms with E-state index in [1.54, 1.807) is 12.1 Å². The van der Waals surface area contributed by atoms with E-state index in [4.69, 9.17) is 23.2 Å². The molecule has 134 valence electrons. The molecule has 0 aliphatic rings. The second kappa shape index (κ2) is 8.08. The number of carbonyl (C=O) groups excluding carboxylic acids is 2. The molecule has 3 rings (SSSR count). The fourth-order valence-electron chi connectivity index (χ4n) is 2.55. The Bertz CT molecular complexity index is 971. The highest BCUT2D eigenvalue weighted by molar-refractivity contribution is 7.21. The smallest absolute Gasteiger partial charge is 0.263 e. The van der Waals surface area contributed by atoms with Crippen LogP contribution in [-0.2, 0) is 4.79 Å². The minimum absolute atomic E-state index is 0.131. The van der Waals surface area contributed by atoms with Crippen LogP contribution in [-0.4, -0.2) is 18.4 Å². The average Bonchev–Trinajstić information content (AvgIpc) is 2.97. The summed E-state index contributed by atoms with van der Waals surface area (Å²) in [5.41, 5.74) is 0.893. The molecule has 4 nitrogen and oxygen atoms in total. The van der Waals surface area contributed by atoms with Gasteiger partial charge in [0.15, 0.2) is 0 Å². The molecule has 0 saturated heterocycles. The van der Waals surface area contributed by atoms with Gasteiger partial charge in [-0.15, -0.1) is 11.3 Å². The molecule has 0 unspecified atom stereocenters. The minimum atomic E-state index is -0.359. The summed E-state index contributed by atoms with van der Waals surface area (Å²) in [5, 5.41) is 7.30. The highest BCUT2D eigenvalue weighted by Crippen LogP contribution is 2.34. The van der Waals surface area contributed by atoms with E-state index in [2.05, 4.69) is 10.6 Å². The summed E-state index contributed by atoms with van der Waals surface area (Å²) >= 11 is 13.6. The molecule has 0 fully saturated rings. The van der Waals surface area contributed by atoms with Gasteiger partial charge in [0.25, 0.3) is 5.91 Å². The van der Waals surface area contributed by atoms with Crippen molar-refractivity contribution in [2.75, 3.05) is 6.54 Å². The Kier molecular flexibility index (Phi) is 5.81. The van der Waals surface area contributed by atoms with Crippen LogP contribution in [0.3, 0.4) is 0 Å². The summed E-state index contributed by atoms with van der Waals surface area (Å²) in [6.07, 6.45) is 0. The lowest BCUT2D eigenvalue weighted by molar-refractivity contribution is -0.120. The first-order valence-corrected chi connectivity index (χ1v) is 9.53. The van der Waals surface area contributed by atoms with E-state index in [-0.39, 0.29) is 24.4 Å². The van der Waals surface area contributed by atoms with Crippen molar-refractivity contribution in [3.8, 4) is 0 Å². The molecule has 1 atom stereocenters. The molecule has 2 aromatic carbocycles. The second-order valence-electron chi connectivity index (χ2n) is 5.77. The van der Waals surface area contributed by atoms with Crippen LogP contribution < -0.4 is 10.6 Å². The first-order chi connectivity index (χ1) is 12.5. The van der Waals surface area contributed by atoms with Crippen molar-refractivity contribution in [3.63, 3.8) is 0 Å². The molecule has 26 heavy (non-hydrogen) atoms. The van der Waals surface area contributed by atoms with Gasteiger partial charge in [0.2, 0.25) is 5.91 Å². The van der Waals surface area contributed by atoms with E-state index < -0.39 is 0 Å². The average molecular weight is 407 g/mol. The Labute approximate surface area is 165 Å². The summed E-state index contributed by atoms with van der Waals surface area (Å²) in [6, 6.07) is 14.6. The fourth-order valence-corrected chi connectivity index (χ4v) is 4.18. The predicted octanol–water partition coefficient (Wildman–Crippen LogP) is 4.82. The number of amides is 2. The number of fused-ring (bicyclic) bond motifs is 1.